The van der Waals surface area contributed by atoms with Crippen LogP contribution in [0.5, 0.6) is 0 Å². The fourth-order valence-corrected chi connectivity index (χ4v) is 4.49. The summed E-state index contributed by atoms with van der Waals surface area (Å²) in [5.41, 5.74) is 2.12. The van der Waals surface area contributed by atoms with Gasteiger partial charge in [0.2, 0.25) is 0 Å². The Hall–Kier alpha value is -2.32. The number of nitrogens with one attached hydrogen (secondary N) is 1. The van der Waals surface area contributed by atoms with Crippen molar-refractivity contribution >= 4 is 33.9 Å². The lowest BCUT2D eigenvalue weighted by atomic mass is 10.2. The largest absolute Gasteiger partial charge is 0.305 e. The normalized spacial score (nSPS) is 16.1. The smallest absolute Gasteiger partial charge is 0.266 e. The number of nitrogens with zero attached hydrogens (tertiary/aromatic N) is 2. The first-order valence-electron chi connectivity index (χ1n) is 7.18. The molecular formula is C16H12FN3O2S2. The van der Waals surface area contributed by atoms with E-state index >= 15 is 0 Å². The Bertz CT molecular complexity index is 933. The molecule has 3 aromatic rings. The summed E-state index contributed by atoms with van der Waals surface area (Å²) in [5, 5.41) is 9.16. The number of hydrogen-bond acceptors (Lipinski definition) is 4. The highest BCUT2D eigenvalue weighted by molar-refractivity contribution is 7.83. The lowest BCUT2D eigenvalue weighted by Gasteiger charge is -2.10. The highest BCUT2D eigenvalue weighted by Gasteiger charge is 2.28. The molecule has 0 saturated heterocycles. The van der Waals surface area contributed by atoms with E-state index in [-0.39, 0.29) is 11.7 Å². The van der Waals surface area contributed by atoms with Crippen LogP contribution in [0.15, 0.2) is 41.8 Å². The molecule has 0 unspecified atom stereocenters. The average Bonchev–Trinajstić information content (AvgIpc) is 3.26. The van der Waals surface area contributed by atoms with Crippen LogP contribution >= 0.6 is 11.3 Å². The minimum atomic E-state index is -1.00. The van der Waals surface area contributed by atoms with Gasteiger partial charge in [0.15, 0.2) is 0 Å². The van der Waals surface area contributed by atoms with E-state index in [1.807, 2.05) is 5.38 Å². The van der Waals surface area contributed by atoms with Gasteiger partial charge in [0.25, 0.3) is 5.91 Å². The number of anilines is 1. The van der Waals surface area contributed by atoms with E-state index in [0.29, 0.717) is 33.6 Å². The van der Waals surface area contributed by atoms with Crippen LogP contribution in [0.2, 0.25) is 0 Å². The third-order valence-corrected chi connectivity index (χ3v) is 5.79. The SMILES string of the molecule is O=C(Nc1c2c(nn1-c1ccc(F)cc1)C[S@](=O)C2)c1cccs1. The van der Waals surface area contributed by atoms with Crippen LogP contribution in [0.4, 0.5) is 10.2 Å². The molecule has 0 fully saturated rings. The molecule has 2 aromatic heterocycles. The van der Waals surface area contributed by atoms with Crippen LogP contribution in [0.1, 0.15) is 20.9 Å². The molecule has 4 rings (SSSR count). The molecule has 1 aliphatic rings. The molecule has 0 spiro atoms. The average molecular weight is 361 g/mol. The van der Waals surface area contributed by atoms with Gasteiger partial charge in [-0.1, -0.05) is 6.07 Å². The first kappa shape index (κ1) is 15.2. The maximum Gasteiger partial charge on any atom is 0.266 e. The molecule has 3 heterocycles. The molecule has 1 aromatic carbocycles. The maximum atomic E-state index is 13.2. The molecule has 1 N–H and O–H groups in total. The molecule has 0 saturated carbocycles. The number of rotatable bonds is 3. The van der Waals surface area contributed by atoms with E-state index < -0.39 is 10.8 Å². The van der Waals surface area contributed by atoms with E-state index in [1.54, 1.807) is 28.9 Å². The predicted molar refractivity (Wildman–Crippen MR) is 91.3 cm³/mol. The minimum absolute atomic E-state index is 0.242. The second-order valence-corrected chi connectivity index (χ2v) is 7.73. The van der Waals surface area contributed by atoms with Crippen molar-refractivity contribution in [3.05, 3.63) is 63.7 Å². The van der Waals surface area contributed by atoms with E-state index in [9.17, 15) is 13.4 Å². The van der Waals surface area contributed by atoms with Crippen molar-refractivity contribution in [1.29, 1.82) is 0 Å². The highest BCUT2D eigenvalue weighted by Crippen LogP contribution is 2.31. The number of amides is 1. The molecule has 1 atom stereocenters. The van der Waals surface area contributed by atoms with Crippen molar-refractivity contribution in [2.24, 2.45) is 0 Å². The van der Waals surface area contributed by atoms with Crippen molar-refractivity contribution in [1.82, 2.24) is 9.78 Å². The molecule has 5 nitrogen and oxygen atoms in total. The summed E-state index contributed by atoms with van der Waals surface area (Å²) in [6.45, 7) is 0. The Morgan fingerprint density at radius 1 is 1.25 bits per heavy atom. The number of fused-ring (bicyclic) bond motifs is 1. The van der Waals surface area contributed by atoms with Crippen molar-refractivity contribution in [2.75, 3.05) is 5.32 Å². The van der Waals surface area contributed by atoms with Crippen molar-refractivity contribution < 1.29 is 13.4 Å². The fraction of sp³-hybridized carbons (Fsp3) is 0.125. The van der Waals surface area contributed by atoms with Gasteiger partial charge in [-0.2, -0.15) is 5.10 Å². The second kappa shape index (κ2) is 5.95. The number of aromatic nitrogens is 2. The van der Waals surface area contributed by atoms with Crippen LogP contribution in [0.25, 0.3) is 5.69 Å². The summed E-state index contributed by atoms with van der Waals surface area (Å²) in [7, 11) is -1.00. The van der Waals surface area contributed by atoms with Crippen molar-refractivity contribution in [3.63, 3.8) is 0 Å². The Morgan fingerprint density at radius 3 is 2.75 bits per heavy atom. The lowest BCUT2D eigenvalue weighted by Crippen LogP contribution is -2.15. The Kier molecular flexibility index (Phi) is 3.78. The summed E-state index contributed by atoms with van der Waals surface area (Å²) in [5.74, 6) is 0.639. The van der Waals surface area contributed by atoms with Gasteiger partial charge in [-0.25, -0.2) is 9.07 Å². The van der Waals surface area contributed by atoms with Crippen LogP contribution in [0, 0.1) is 5.82 Å². The number of halogens is 1. The molecule has 1 aliphatic heterocycles. The zero-order chi connectivity index (χ0) is 16.7. The van der Waals surface area contributed by atoms with Crippen LogP contribution < -0.4 is 5.32 Å². The van der Waals surface area contributed by atoms with Crippen molar-refractivity contribution in [3.8, 4) is 5.69 Å². The molecular weight excluding hydrogens is 349 g/mol. The topological polar surface area (TPSA) is 64.0 Å². The molecule has 0 aliphatic carbocycles. The van der Waals surface area contributed by atoms with E-state index in [0.717, 1.165) is 5.56 Å². The number of thiophene rings is 1. The van der Waals surface area contributed by atoms with Crippen LogP contribution in [0.3, 0.4) is 0 Å². The number of hydrogen-bond donors (Lipinski definition) is 1. The van der Waals surface area contributed by atoms with Gasteiger partial charge in [-0.15, -0.1) is 11.3 Å². The van der Waals surface area contributed by atoms with Crippen LogP contribution in [-0.4, -0.2) is 19.9 Å². The first-order chi connectivity index (χ1) is 11.6. The highest BCUT2D eigenvalue weighted by atomic mass is 32.2. The van der Waals surface area contributed by atoms with E-state index in [4.69, 9.17) is 0 Å². The molecule has 0 radical (unpaired) electrons. The summed E-state index contributed by atoms with van der Waals surface area (Å²) in [4.78, 5) is 13.0. The lowest BCUT2D eigenvalue weighted by molar-refractivity contribution is 0.102. The van der Waals surface area contributed by atoms with E-state index in [2.05, 4.69) is 10.4 Å². The quantitative estimate of drug-likeness (QED) is 0.780. The zero-order valence-electron chi connectivity index (χ0n) is 12.4. The third-order valence-electron chi connectivity index (χ3n) is 3.72. The molecule has 1 amide bonds. The molecule has 0 bridgehead atoms. The number of carbonyl (C=O) groups excluding carboxylic acids is 1. The second-order valence-electron chi connectivity index (χ2n) is 5.32. The van der Waals surface area contributed by atoms with Gasteiger partial charge in [-0.3, -0.25) is 9.00 Å². The standard InChI is InChI=1S/C16H12FN3O2S2/c17-10-3-5-11(6-4-10)20-15(12-8-24(22)9-13(12)19-20)18-16(21)14-2-1-7-23-14/h1-7H,8-9H2,(H,18,21)/t24-/m1/s1. The molecule has 122 valence electrons. The number of carbonyl (C=O) groups is 1. The summed E-state index contributed by atoms with van der Waals surface area (Å²) in [6, 6.07) is 9.40. The van der Waals surface area contributed by atoms with Gasteiger partial charge in [0.05, 0.1) is 27.8 Å². The Labute approximate surface area is 143 Å². The van der Waals surface area contributed by atoms with E-state index in [1.165, 1.54) is 23.5 Å². The summed E-state index contributed by atoms with van der Waals surface area (Å²) < 4.78 is 26.6. The van der Waals surface area contributed by atoms with Crippen molar-refractivity contribution in [2.45, 2.75) is 11.5 Å². The first-order valence-corrected chi connectivity index (χ1v) is 9.55. The maximum absolute atomic E-state index is 13.2. The van der Waals surface area contributed by atoms with Gasteiger partial charge < -0.3 is 5.32 Å². The summed E-state index contributed by atoms with van der Waals surface area (Å²) in [6.07, 6.45) is 0. The van der Waals surface area contributed by atoms with Gasteiger partial charge >= 0.3 is 0 Å². The molecule has 24 heavy (non-hydrogen) atoms. The minimum Gasteiger partial charge on any atom is -0.305 e. The third kappa shape index (κ3) is 2.67. The summed E-state index contributed by atoms with van der Waals surface area (Å²) >= 11 is 1.34. The Morgan fingerprint density at radius 2 is 2.04 bits per heavy atom. The van der Waals surface area contributed by atoms with Gasteiger partial charge in [0, 0.05) is 16.4 Å². The fourth-order valence-electron chi connectivity index (χ4n) is 2.60. The number of benzene rings is 1. The monoisotopic (exact) mass is 361 g/mol. The zero-order valence-corrected chi connectivity index (χ0v) is 14.0. The van der Waals surface area contributed by atoms with Gasteiger partial charge in [-0.05, 0) is 35.7 Å². The Balaban J connectivity index is 1.77. The van der Waals surface area contributed by atoms with Crippen LogP contribution in [-0.2, 0) is 22.3 Å². The predicted octanol–water partition coefficient (Wildman–Crippen LogP) is 3.09. The molecule has 8 heteroatoms. The van der Waals surface area contributed by atoms with Gasteiger partial charge in [0.1, 0.15) is 11.6 Å².